The molecule has 4 rings (SSSR count). The molecule has 0 aliphatic carbocycles. The second-order valence-electron chi connectivity index (χ2n) is 6.30. The van der Waals surface area contributed by atoms with Crippen LogP contribution in [0, 0.1) is 0 Å². The van der Waals surface area contributed by atoms with Crippen LogP contribution in [0.3, 0.4) is 0 Å². The number of para-hydroxylation sites is 2. The number of hydrogen-bond donors (Lipinski definition) is 1. The first-order valence-electron chi connectivity index (χ1n) is 8.58. The molecule has 0 radical (unpaired) electrons. The molecule has 1 aliphatic rings. The number of halogens is 3. The van der Waals surface area contributed by atoms with Gasteiger partial charge in [0.2, 0.25) is 5.95 Å². The molecular formula is C20H15F3N4O. The lowest BCUT2D eigenvalue weighted by molar-refractivity contribution is -0.136. The highest BCUT2D eigenvalue weighted by molar-refractivity contribution is 6.07. The molecule has 8 heteroatoms. The van der Waals surface area contributed by atoms with Crippen LogP contribution in [0.15, 0.2) is 60.9 Å². The highest BCUT2D eigenvalue weighted by Crippen LogP contribution is 2.35. The van der Waals surface area contributed by atoms with Gasteiger partial charge in [-0.2, -0.15) is 13.2 Å². The van der Waals surface area contributed by atoms with Crippen LogP contribution in [0.1, 0.15) is 21.5 Å². The molecule has 28 heavy (non-hydrogen) atoms. The number of carbonyl (C=O) groups is 1. The third-order valence-corrected chi connectivity index (χ3v) is 4.51. The summed E-state index contributed by atoms with van der Waals surface area (Å²) >= 11 is 0. The molecule has 1 aliphatic heterocycles. The SMILES string of the molecule is O=C(c1cnc(Nc2ccccc2C(F)(F)F)nc1)N1CCc2ccccc21. The van der Waals surface area contributed by atoms with E-state index in [-0.39, 0.29) is 23.1 Å². The van der Waals surface area contributed by atoms with E-state index in [0.29, 0.717) is 6.54 Å². The van der Waals surface area contributed by atoms with E-state index in [1.165, 1.54) is 30.6 Å². The van der Waals surface area contributed by atoms with Crippen molar-refractivity contribution in [1.29, 1.82) is 0 Å². The zero-order valence-corrected chi connectivity index (χ0v) is 14.6. The molecule has 5 nitrogen and oxygen atoms in total. The van der Waals surface area contributed by atoms with Gasteiger partial charge in [-0.05, 0) is 30.2 Å². The van der Waals surface area contributed by atoms with Crippen molar-refractivity contribution in [2.24, 2.45) is 0 Å². The monoisotopic (exact) mass is 384 g/mol. The third kappa shape index (κ3) is 3.40. The number of carbonyl (C=O) groups excluding carboxylic acids is 1. The van der Waals surface area contributed by atoms with Crippen LogP contribution in [0.5, 0.6) is 0 Å². The predicted octanol–water partition coefficient (Wildman–Crippen LogP) is 4.44. The summed E-state index contributed by atoms with van der Waals surface area (Å²) in [6.07, 6.45) is -1.09. The summed E-state index contributed by atoms with van der Waals surface area (Å²) in [5.41, 5.74) is 1.26. The van der Waals surface area contributed by atoms with Crippen molar-refractivity contribution >= 4 is 23.2 Å². The number of amides is 1. The van der Waals surface area contributed by atoms with Gasteiger partial charge in [0.25, 0.3) is 5.91 Å². The zero-order chi connectivity index (χ0) is 19.7. The van der Waals surface area contributed by atoms with E-state index in [1.54, 1.807) is 4.90 Å². The van der Waals surface area contributed by atoms with Gasteiger partial charge < -0.3 is 10.2 Å². The van der Waals surface area contributed by atoms with Gasteiger partial charge in [-0.3, -0.25) is 4.79 Å². The van der Waals surface area contributed by atoms with E-state index in [9.17, 15) is 18.0 Å². The molecule has 0 atom stereocenters. The number of hydrogen-bond acceptors (Lipinski definition) is 4. The van der Waals surface area contributed by atoms with Crippen LogP contribution in [-0.2, 0) is 12.6 Å². The largest absolute Gasteiger partial charge is 0.418 e. The number of rotatable bonds is 3. The Morgan fingerprint density at radius 2 is 1.68 bits per heavy atom. The average Bonchev–Trinajstić information content (AvgIpc) is 3.12. The Labute approximate surface area is 158 Å². The van der Waals surface area contributed by atoms with Crippen molar-refractivity contribution in [2.75, 3.05) is 16.8 Å². The fraction of sp³-hybridized carbons (Fsp3) is 0.150. The molecule has 0 fully saturated rings. The Balaban J connectivity index is 1.54. The Kier molecular flexibility index (Phi) is 4.46. The second-order valence-corrected chi connectivity index (χ2v) is 6.30. The number of nitrogens with one attached hydrogen (secondary N) is 1. The van der Waals surface area contributed by atoms with E-state index in [1.807, 2.05) is 24.3 Å². The van der Waals surface area contributed by atoms with Gasteiger partial charge in [0, 0.05) is 24.6 Å². The average molecular weight is 384 g/mol. The molecule has 0 saturated carbocycles. The van der Waals surface area contributed by atoms with Crippen molar-refractivity contribution in [2.45, 2.75) is 12.6 Å². The smallest absolute Gasteiger partial charge is 0.324 e. The van der Waals surface area contributed by atoms with Gasteiger partial charge in [-0.1, -0.05) is 30.3 Å². The third-order valence-electron chi connectivity index (χ3n) is 4.51. The number of anilines is 3. The molecule has 2 heterocycles. The maximum atomic E-state index is 13.1. The number of nitrogens with zero attached hydrogens (tertiary/aromatic N) is 3. The zero-order valence-electron chi connectivity index (χ0n) is 14.6. The highest BCUT2D eigenvalue weighted by atomic mass is 19.4. The summed E-state index contributed by atoms with van der Waals surface area (Å²) in [5, 5.41) is 2.56. The Morgan fingerprint density at radius 1 is 1.00 bits per heavy atom. The quantitative estimate of drug-likeness (QED) is 0.725. The van der Waals surface area contributed by atoms with Gasteiger partial charge in [0.1, 0.15) is 0 Å². The maximum absolute atomic E-state index is 13.1. The normalized spacial score (nSPS) is 13.3. The van der Waals surface area contributed by atoms with E-state index in [0.717, 1.165) is 23.7 Å². The minimum atomic E-state index is -4.50. The fourth-order valence-electron chi connectivity index (χ4n) is 3.17. The lowest BCUT2D eigenvalue weighted by atomic mass is 10.1. The molecule has 142 valence electrons. The number of fused-ring (bicyclic) bond motifs is 1. The summed E-state index contributed by atoms with van der Waals surface area (Å²) in [5.74, 6) is -0.262. The van der Waals surface area contributed by atoms with E-state index < -0.39 is 11.7 Å². The van der Waals surface area contributed by atoms with Gasteiger partial charge in [-0.15, -0.1) is 0 Å². The summed E-state index contributed by atoms with van der Waals surface area (Å²) in [6.45, 7) is 0.567. The van der Waals surface area contributed by atoms with E-state index >= 15 is 0 Å². The minimum Gasteiger partial charge on any atom is -0.324 e. The topological polar surface area (TPSA) is 58.1 Å². The van der Waals surface area contributed by atoms with Crippen LogP contribution in [-0.4, -0.2) is 22.4 Å². The summed E-state index contributed by atoms with van der Waals surface area (Å²) in [7, 11) is 0. The summed E-state index contributed by atoms with van der Waals surface area (Å²) in [6, 6.07) is 12.7. The van der Waals surface area contributed by atoms with Crippen LogP contribution in [0.4, 0.5) is 30.5 Å². The minimum absolute atomic E-state index is 0.0185. The van der Waals surface area contributed by atoms with Crippen LogP contribution in [0.25, 0.3) is 0 Å². The Morgan fingerprint density at radius 3 is 2.43 bits per heavy atom. The van der Waals surface area contributed by atoms with Crippen molar-refractivity contribution in [1.82, 2.24) is 9.97 Å². The molecular weight excluding hydrogens is 369 g/mol. The Bertz CT molecular complexity index is 1020. The molecule has 0 saturated heterocycles. The van der Waals surface area contributed by atoms with Crippen molar-refractivity contribution in [3.63, 3.8) is 0 Å². The van der Waals surface area contributed by atoms with E-state index in [2.05, 4.69) is 15.3 Å². The van der Waals surface area contributed by atoms with Crippen molar-refractivity contribution in [3.8, 4) is 0 Å². The molecule has 1 aromatic heterocycles. The second kappa shape index (κ2) is 6.95. The lowest BCUT2D eigenvalue weighted by Crippen LogP contribution is -2.29. The maximum Gasteiger partial charge on any atom is 0.418 e. The van der Waals surface area contributed by atoms with Gasteiger partial charge in [0.15, 0.2) is 0 Å². The van der Waals surface area contributed by atoms with Crippen LogP contribution < -0.4 is 10.2 Å². The summed E-state index contributed by atoms with van der Waals surface area (Å²) in [4.78, 5) is 22.4. The van der Waals surface area contributed by atoms with E-state index in [4.69, 9.17) is 0 Å². The molecule has 1 amide bonds. The molecule has 2 aromatic carbocycles. The standard InChI is InChI=1S/C20H15F3N4O/c21-20(22,23)15-6-2-3-7-16(15)26-19-24-11-14(12-25-19)18(28)27-10-9-13-5-1-4-8-17(13)27/h1-8,11-12H,9-10H2,(H,24,25,26). The molecule has 1 N–H and O–H groups in total. The van der Waals surface area contributed by atoms with Crippen molar-refractivity contribution in [3.05, 3.63) is 77.6 Å². The lowest BCUT2D eigenvalue weighted by Gasteiger charge is -2.17. The van der Waals surface area contributed by atoms with Crippen molar-refractivity contribution < 1.29 is 18.0 Å². The van der Waals surface area contributed by atoms with Crippen LogP contribution >= 0.6 is 0 Å². The first-order chi connectivity index (χ1) is 13.4. The number of aromatic nitrogens is 2. The van der Waals surface area contributed by atoms with Gasteiger partial charge >= 0.3 is 6.18 Å². The highest BCUT2D eigenvalue weighted by Gasteiger charge is 2.33. The van der Waals surface area contributed by atoms with Gasteiger partial charge in [-0.25, -0.2) is 9.97 Å². The molecule has 3 aromatic rings. The molecule has 0 unspecified atom stereocenters. The Hall–Kier alpha value is -3.42. The fourth-order valence-corrected chi connectivity index (χ4v) is 3.17. The van der Waals surface area contributed by atoms with Gasteiger partial charge in [0.05, 0.1) is 16.8 Å². The first-order valence-corrected chi connectivity index (χ1v) is 8.58. The van der Waals surface area contributed by atoms with Crippen LogP contribution in [0.2, 0.25) is 0 Å². The number of alkyl halides is 3. The molecule has 0 spiro atoms. The predicted molar refractivity (Wildman–Crippen MR) is 98.6 cm³/mol. The number of benzene rings is 2. The molecule has 0 bridgehead atoms. The first kappa shape index (κ1) is 18.0. The summed E-state index contributed by atoms with van der Waals surface area (Å²) < 4.78 is 39.3.